The SMILES string of the molecule is CN1CCC(CSc2cccc(Cl)c2)C1. The number of halogens is 1. The van der Waals surface area contributed by atoms with Crippen LogP contribution >= 0.6 is 23.4 Å². The van der Waals surface area contributed by atoms with E-state index < -0.39 is 0 Å². The maximum Gasteiger partial charge on any atom is 0.0417 e. The Morgan fingerprint density at radius 3 is 3.07 bits per heavy atom. The van der Waals surface area contributed by atoms with Gasteiger partial charge in [-0.2, -0.15) is 0 Å². The van der Waals surface area contributed by atoms with E-state index >= 15 is 0 Å². The van der Waals surface area contributed by atoms with Crippen LogP contribution in [0.15, 0.2) is 29.2 Å². The Bertz CT molecular complexity index is 329. The Kier molecular flexibility index (Phi) is 3.95. The minimum atomic E-state index is 0.837. The molecule has 1 nitrogen and oxygen atoms in total. The first kappa shape index (κ1) is 11.3. The first-order valence-corrected chi connectivity index (χ1v) is 6.67. The average Bonchev–Trinajstić information content (AvgIpc) is 2.62. The van der Waals surface area contributed by atoms with Gasteiger partial charge in [-0.25, -0.2) is 0 Å². The third-order valence-electron chi connectivity index (χ3n) is 2.77. The van der Waals surface area contributed by atoms with Crippen molar-refractivity contribution in [1.29, 1.82) is 0 Å². The summed E-state index contributed by atoms with van der Waals surface area (Å²) >= 11 is 7.86. The summed E-state index contributed by atoms with van der Waals surface area (Å²) < 4.78 is 0. The van der Waals surface area contributed by atoms with Crippen molar-refractivity contribution in [3.05, 3.63) is 29.3 Å². The van der Waals surface area contributed by atoms with Crippen LogP contribution in [0.2, 0.25) is 5.02 Å². The molecule has 1 atom stereocenters. The van der Waals surface area contributed by atoms with Crippen LogP contribution in [0.5, 0.6) is 0 Å². The molecule has 1 heterocycles. The monoisotopic (exact) mass is 241 g/mol. The molecule has 1 aromatic carbocycles. The van der Waals surface area contributed by atoms with Gasteiger partial charge in [0.15, 0.2) is 0 Å². The average molecular weight is 242 g/mol. The van der Waals surface area contributed by atoms with Crippen LogP contribution in [0.1, 0.15) is 6.42 Å². The normalized spacial score (nSPS) is 22.1. The quantitative estimate of drug-likeness (QED) is 0.747. The van der Waals surface area contributed by atoms with Gasteiger partial charge in [0.2, 0.25) is 0 Å². The fourth-order valence-corrected chi connectivity index (χ4v) is 3.27. The molecule has 0 spiro atoms. The summed E-state index contributed by atoms with van der Waals surface area (Å²) in [6.07, 6.45) is 1.34. The topological polar surface area (TPSA) is 3.24 Å². The van der Waals surface area contributed by atoms with Crippen molar-refractivity contribution < 1.29 is 0 Å². The fourth-order valence-electron chi connectivity index (χ4n) is 1.93. The Labute approximate surface area is 101 Å². The molecule has 1 aliphatic heterocycles. The molecule has 0 radical (unpaired) electrons. The molecule has 2 rings (SSSR count). The third-order valence-corrected chi connectivity index (χ3v) is 4.23. The van der Waals surface area contributed by atoms with Crippen LogP contribution in [0.3, 0.4) is 0 Å². The first-order chi connectivity index (χ1) is 7.24. The molecule has 0 bridgehead atoms. The van der Waals surface area contributed by atoms with Crippen LogP contribution in [-0.4, -0.2) is 30.8 Å². The van der Waals surface area contributed by atoms with E-state index in [0.717, 1.165) is 10.9 Å². The summed E-state index contributed by atoms with van der Waals surface area (Å²) in [5.41, 5.74) is 0. The smallest absolute Gasteiger partial charge is 0.0417 e. The summed E-state index contributed by atoms with van der Waals surface area (Å²) in [5.74, 6) is 2.06. The van der Waals surface area contributed by atoms with Gasteiger partial charge in [0, 0.05) is 22.2 Å². The van der Waals surface area contributed by atoms with Crippen molar-refractivity contribution in [2.75, 3.05) is 25.9 Å². The van der Waals surface area contributed by atoms with Gasteiger partial charge in [-0.15, -0.1) is 11.8 Å². The summed E-state index contributed by atoms with van der Waals surface area (Å²) in [6, 6.07) is 8.13. The van der Waals surface area contributed by atoms with E-state index in [2.05, 4.69) is 18.0 Å². The molecule has 0 aliphatic carbocycles. The highest BCUT2D eigenvalue weighted by Gasteiger charge is 2.19. The number of rotatable bonds is 3. The zero-order chi connectivity index (χ0) is 10.7. The number of hydrogen-bond acceptors (Lipinski definition) is 2. The number of nitrogens with zero attached hydrogens (tertiary/aromatic N) is 1. The lowest BCUT2D eigenvalue weighted by Gasteiger charge is -2.09. The molecule has 1 saturated heterocycles. The second-order valence-corrected chi connectivity index (χ2v) is 5.72. The van der Waals surface area contributed by atoms with E-state index in [0.29, 0.717) is 0 Å². The van der Waals surface area contributed by atoms with Gasteiger partial charge in [-0.3, -0.25) is 0 Å². The number of likely N-dealkylation sites (tertiary alicyclic amines) is 1. The van der Waals surface area contributed by atoms with Gasteiger partial charge in [-0.1, -0.05) is 17.7 Å². The Morgan fingerprint density at radius 2 is 2.40 bits per heavy atom. The second kappa shape index (κ2) is 5.24. The molecule has 1 fully saturated rings. The molecule has 0 saturated carbocycles. The standard InChI is InChI=1S/C12H16ClNS/c1-14-6-5-10(8-14)9-15-12-4-2-3-11(13)7-12/h2-4,7,10H,5-6,8-9H2,1H3. The molecule has 82 valence electrons. The van der Waals surface area contributed by atoms with Gasteiger partial charge in [0.1, 0.15) is 0 Å². The molecule has 15 heavy (non-hydrogen) atoms. The van der Waals surface area contributed by atoms with Crippen molar-refractivity contribution in [3.63, 3.8) is 0 Å². The predicted octanol–water partition coefficient (Wildman–Crippen LogP) is 3.38. The van der Waals surface area contributed by atoms with E-state index in [-0.39, 0.29) is 0 Å². The molecule has 0 amide bonds. The zero-order valence-corrected chi connectivity index (χ0v) is 10.5. The van der Waals surface area contributed by atoms with Crippen molar-refractivity contribution in [2.24, 2.45) is 5.92 Å². The van der Waals surface area contributed by atoms with Gasteiger partial charge in [0.05, 0.1) is 0 Å². The molecular weight excluding hydrogens is 226 g/mol. The van der Waals surface area contributed by atoms with E-state index in [9.17, 15) is 0 Å². The van der Waals surface area contributed by atoms with Gasteiger partial charge in [-0.05, 0) is 44.1 Å². The van der Waals surface area contributed by atoms with Crippen LogP contribution in [0.25, 0.3) is 0 Å². The van der Waals surface area contributed by atoms with Crippen LogP contribution < -0.4 is 0 Å². The highest BCUT2D eigenvalue weighted by atomic mass is 35.5. The van der Waals surface area contributed by atoms with Gasteiger partial charge in [0.25, 0.3) is 0 Å². The van der Waals surface area contributed by atoms with Gasteiger partial charge >= 0.3 is 0 Å². The number of benzene rings is 1. The number of hydrogen-bond donors (Lipinski definition) is 0. The van der Waals surface area contributed by atoms with Crippen molar-refractivity contribution in [3.8, 4) is 0 Å². The second-order valence-electron chi connectivity index (χ2n) is 4.19. The van der Waals surface area contributed by atoms with Crippen molar-refractivity contribution in [2.45, 2.75) is 11.3 Å². The summed E-state index contributed by atoms with van der Waals surface area (Å²) in [7, 11) is 2.20. The summed E-state index contributed by atoms with van der Waals surface area (Å²) in [5, 5.41) is 0.837. The van der Waals surface area contributed by atoms with E-state index in [1.165, 1.54) is 30.2 Å². The Hall–Kier alpha value is -0.180. The summed E-state index contributed by atoms with van der Waals surface area (Å²) in [6.45, 7) is 2.49. The fraction of sp³-hybridized carbons (Fsp3) is 0.500. The largest absolute Gasteiger partial charge is 0.306 e. The van der Waals surface area contributed by atoms with Crippen molar-refractivity contribution >= 4 is 23.4 Å². The molecule has 0 N–H and O–H groups in total. The molecule has 0 aromatic heterocycles. The van der Waals surface area contributed by atoms with E-state index in [4.69, 9.17) is 11.6 Å². The third kappa shape index (κ3) is 3.40. The predicted molar refractivity (Wildman–Crippen MR) is 67.8 cm³/mol. The molecule has 3 heteroatoms. The van der Waals surface area contributed by atoms with Crippen LogP contribution in [-0.2, 0) is 0 Å². The maximum atomic E-state index is 5.94. The zero-order valence-electron chi connectivity index (χ0n) is 8.95. The van der Waals surface area contributed by atoms with Crippen molar-refractivity contribution in [1.82, 2.24) is 4.90 Å². The molecule has 1 unspecified atom stereocenters. The lowest BCUT2D eigenvalue weighted by molar-refractivity contribution is 0.403. The minimum Gasteiger partial charge on any atom is -0.306 e. The van der Waals surface area contributed by atoms with Crippen LogP contribution in [0.4, 0.5) is 0 Å². The lowest BCUT2D eigenvalue weighted by Crippen LogP contribution is -2.14. The minimum absolute atomic E-state index is 0.837. The Balaban J connectivity index is 1.83. The number of thioether (sulfide) groups is 1. The van der Waals surface area contributed by atoms with Gasteiger partial charge < -0.3 is 4.90 Å². The van der Waals surface area contributed by atoms with E-state index in [1.54, 1.807) is 0 Å². The van der Waals surface area contributed by atoms with Crippen LogP contribution in [0, 0.1) is 5.92 Å². The van der Waals surface area contributed by atoms with E-state index in [1.807, 2.05) is 30.0 Å². The lowest BCUT2D eigenvalue weighted by atomic mass is 10.2. The summed E-state index contributed by atoms with van der Waals surface area (Å²) in [4.78, 5) is 3.69. The molecule has 1 aromatic rings. The molecular formula is C12H16ClNS. The first-order valence-electron chi connectivity index (χ1n) is 5.31. The highest BCUT2D eigenvalue weighted by molar-refractivity contribution is 7.99. The molecule has 1 aliphatic rings. The Morgan fingerprint density at radius 1 is 1.53 bits per heavy atom. The maximum absolute atomic E-state index is 5.94. The highest BCUT2D eigenvalue weighted by Crippen LogP contribution is 2.26.